The van der Waals surface area contributed by atoms with Gasteiger partial charge in [-0.1, -0.05) is 76.9 Å². The minimum absolute atomic E-state index is 0.612. The standard InChI is InChI=1S/C18H36N/c1-2-3-4-5-6-7-8-9-10-11-12-13-14-15-16-17-18-19/h9-10,19H,2-8,11-18H2,1H3/b10-9+. The lowest BCUT2D eigenvalue weighted by Crippen LogP contribution is -1.85. The fraction of sp³-hybridized carbons (Fsp3) is 0.889. The molecule has 19 heavy (non-hydrogen) atoms. The highest BCUT2D eigenvalue weighted by Gasteiger charge is 1.90. The van der Waals surface area contributed by atoms with Crippen molar-refractivity contribution < 1.29 is 0 Å². The van der Waals surface area contributed by atoms with Crippen LogP contribution in [0, 0.1) is 0 Å². The Bertz CT molecular complexity index is 175. The molecule has 113 valence electrons. The van der Waals surface area contributed by atoms with E-state index < -0.39 is 0 Å². The molecular weight excluding hydrogens is 230 g/mol. The van der Waals surface area contributed by atoms with Crippen LogP contribution in [0.4, 0.5) is 0 Å². The van der Waals surface area contributed by atoms with E-state index in [0.29, 0.717) is 6.54 Å². The van der Waals surface area contributed by atoms with Gasteiger partial charge in [0.1, 0.15) is 0 Å². The van der Waals surface area contributed by atoms with Gasteiger partial charge in [-0.05, 0) is 32.1 Å². The van der Waals surface area contributed by atoms with Crippen molar-refractivity contribution in [3.8, 4) is 0 Å². The van der Waals surface area contributed by atoms with Gasteiger partial charge in [-0.3, -0.25) is 5.73 Å². The van der Waals surface area contributed by atoms with Crippen molar-refractivity contribution in [1.29, 1.82) is 0 Å². The summed E-state index contributed by atoms with van der Waals surface area (Å²) in [6, 6.07) is 0. The summed E-state index contributed by atoms with van der Waals surface area (Å²) in [6.45, 7) is 2.89. The number of hydrogen-bond donors (Lipinski definition) is 0. The smallest absolute Gasteiger partial charge is 0.00997 e. The second-order valence-corrected chi connectivity index (χ2v) is 5.69. The summed E-state index contributed by atoms with van der Waals surface area (Å²) in [4.78, 5) is 0. The van der Waals surface area contributed by atoms with Crippen molar-refractivity contribution in [2.24, 2.45) is 0 Å². The molecule has 0 aromatic rings. The summed E-state index contributed by atoms with van der Waals surface area (Å²) >= 11 is 0. The van der Waals surface area contributed by atoms with Gasteiger partial charge in [-0.2, -0.15) is 0 Å². The molecule has 0 fully saturated rings. The molecule has 0 atom stereocenters. The van der Waals surface area contributed by atoms with Crippen molar-refractivity contribution >= 4 is 0 Å². The molecule has 0 aromatic heterocycles. The van der Waals surface area contributed by atoms with Crippen molar-refractivity contribution in [2.75, 3.05) is 6.54 Å². The van der Waals surface area contributed by atoms with E-state index in [4.69, 9.17) is 5.73 Å². The fourth-order valence-electron chi connectivity index (χ4n) is 2.37. The number of nitrogens with one attached hydrogen (secondary N) is 1. The van der Waals surface area contributed by atoms with E-state index in [1.54, 1.807) is 0 Å². The van der Waals surface area contributed by atoms with Crippen LogP contribution in [-0.4, -0.2) is 6.54 Å². The Kier molecular flexibility index (Phi) is 17.4. The lowest BCUT2D eigenvalue weighted by atomic mass is 10.1. The van der Waals surface area contributed by atoms with E-state index in [-0.39, 0.29) is 0 Å². The van der Waals surface area contributed by atoms with Crippen LogP contribution in [0.25, 0.3) is 0 Å². The predicted octanol–water partition coefficient (Wildman–Crippen LogP) is 6.31. The number of hydrogen-bond acceptors (Lipinski definition) is 0. The van der Waals surface area contributed by atoms with Crippen LogP contribution in [0.3, 0.4) is 0 Å². The van der Waals surface area contributed by atoms with Crippen molar-refractivity contribution in [1.82, 2.24) is 5.73 Å². The molecule has 0 aliphatic carbocycles. The summed E-state index contributed by atoms with van der Waals surface area (Å²) < 4.78 is 0. The van der Waals surface area contributed by atoms with Crippen molar-refractivity contribution in [3.63, 3.8) is 0 Å². The minimum atomic E-state index is 0.612. The molecule has 0 unspecified atom stereocenters. The van der Waals surface area contributed by atoms with Gasteiger partial charge in [0.2, 0.25) is 0 Å². The summed E-state index contributed by atoms with van der Waals surface area (Å²) in [5.74, 6) is 0. The molecule has 1 radical (unpaired) electrons. The molecule has 0 heterocycles. The molecule has 0 saturated carbocycles. The Morgan fingerprint density at radius 3 is 1.47 bits per heavy atom. The fourth-order valence-corrected chi connectivity index (χ4v) is 2.37. The van der Waals surface area contributed by atoms with Crippen LogP contribution < -0.4 is 5.73 Å². The minimum Gasteiger partial charge on any atom is -0.258 e. The first kappa shape index (κ1) is 18.7. The van der Waals surface area contributed by atoms with Crippen LogP contribution in [0.2, 0.25) is 0 Å². The van der Waals surface area contributed by atoms with Crippen LogP contribution in [0.1, 0.15) is 96.8 Å². The van der Waals surface area contributed by atoms with E-state index in [1.165, 1.54) is 83.5 Å². The van der Waals surface area contributed by atoms with E-state index in [2.05, 4.69) is 19.1 Å². The van der Waals surface area contributed by atoms with Gasteiger partial charge in [0.25, 0.3) is 0 Å². The first-order chi connectivity index (χ1) is 9.41. The molecule has 0 aromatic carbocycles. The quantitative estimate of drug-likeness (QED) is 0.245. The normalized spacial score (nSPS) is 11.5. The highest BCUT2D eigenvalue weighted by atomic mass is 14.5. The van der Waals surface area contributed by atoms with E-state index >= 15 is 0 Å². The van der Waals surface area contributed by atoms with Gasteiger partial charge in [0, 0.05) is 6.54 Å². The van der Waals surface area contributed by atoms with Crippen LogP contribution in [0.15, 0.2) is 12.2 Å². The molecule has 0 spiro atoms. The Labute approximate surface area is 122 Å². The Morgan fingerprint density at radius 1 is 0.579 bits per heavy atom. The maximum Gasteiger partial charge on any atom is 0.00997 e. The van der Waals surface area contributed by atoms with E-state index in [1.807, 2.05) is 0 Å². The zero-order valence-corrected chi connectivity index (χ0v) is 13.3. The third-order valence-corrected chi connectivity index (χ3v) is 3.69. The molecule has 0 aliphatic heterocycles. The highest BCUT2D eigenvalue weighted by Crippen LogP contribution is 2.09. The first-order valence-corrected chi connectivity index (χ1v) is 8.71. The molecule has 0 rings (SSSR count). The van der Waals surface area contributed by atoms with Crippen LogP contribution >= 0.6 is 0 Å². The molecule has 1 N–H and O–H groups in total. The Balaban J connectivity index is 3.01. The maximum absolute atomic E-state index is 7.07. The first-order valence-electron chi connectivity index (χ1n) is 8.71. The number of allylic oxidation sites excluding steroid dienone is 2. The second kappa shape index (κ2) is 17.7. The molecule has 0 saturated heterocycles. The predicted molar refractivity (Wildman–Crippen MR) is 87.4 cm³/mol. The molecule has 0 aliphatic rings. The van der Waals surface area contributed by atoms with Gasteiger partial charge in [-0.25, -0.2) is 0 Å². The van der Waals surface area contributed by atoms with Gasteiger partial charge >= 0.3 is 0 Å². The monoisotopic (exact) mass is 266 g/mol. The summed E-state index contributed by atoms with van der Waals surface area (Å²) in [5, 5.41) is 0. The largest absolute Gasteiger partial charge is 0.258 e. The van der Waals surface area contributed by atoms with E-state index in [0.717, 1.165) is 6.42 Å². The van der Waals surface area contributed by atoms with Crippen molar-refractivity contribution in [3.05, 3.63) is 12.2 Å². The lowest BCUT2D eigenvalue weighted by Gasteiger charge is -1.99. The van der Waals surface area contributed by atoms with Crippen molar-refractivity contribution in [2.45, 2.75) is 96.8 Å². The molecule has 0 amide bonds. The number of rotatable bonds is 15. The second-order valence-electron chi connectivity index (χ2n) is 5.69. The van der Waals surface area contributed by atoms with Crippen LogP contribution in [-0.2, 0) is 0 Å². The van der Waals surface area contributed by atoms with Crippen LogP contribution in [0.5, 0.6) is 0 Å². The summed E-state index contributed by atoms with van der Waals surface area (Å²) in [5.41, 5.74) is 7.07. The average Bonchev–Trinajstić information content (AvgIpc) is 2.43. The van der Waals surface area contributed by atoms with E-state index in [9.17, 15) is 0 Å². The molecule has 1 heteroatoms. The lowest BCUT2D eigenvalue weighted by molar-refractivity contribution is 0.597. The molecule has 1 nitrogen and oxygen atoms in total. The highest BCUT2D eigenvalue weighted by molar-refractivity contribution is 4.81. The summed E-state index contributed by atoms with van der Waals surface area (Å²) in [7, 11) is 0. The number of unbranched alkanes of at least 4 members (excludes halogenated alkanes) is 12. The van der Waals surface area contributed by atoms with Gasteiger partial charge < -0.3 is 0 Å². The van der Waals surface area contributed by atoms with Gasteiger partial charge in [0.05, 0.1) is 0 Å². The topological polar surface area (TPSA) is 23.8 Å². The van der Waals surface area contributed by atoms with Gasteiger partial charge in [-0.15, -0.1) is 0 Å². The zero-order chi connectivity index (χ0) is 14.0. The van der Waals surface area contributed by atoms with Gasteiger partial charge in [0.15, 0.2) is 0 Å². The summed E-state index contributed by atoms with van der Waals surface area (Å²) in [6.07, 6.45) is 23.5. The Morgan fingerprint density at radius 2 is 1.00 bits per heavy atom. The molecule has 0 bridgehead atoms. The average molecular weight is 266 g/mol. The maximum atomic E-state index is 7.07. The third-order valence-electron chi connectivity index (χ3n) is 3.69. The third kappa shape index (κ3) is 17.7. The SMILES string of the molecule is CCCCCCCC/C=C/CCCCCCCC[NH]. The Hall–Kier alpha value is -0.300. The zero-order valence-electron chi connectivity index (χ0n) is 13.3. The molecular formula is C18H36N.